The fraction of sp³-hybridized carbons (Fsp3) is 0.296. The largest absolute Gasteiger partial charge is 0.368 e. The lowest BCUT2D eigenvalue weighted by atomic mass is 9.96. The van der Waals surface area contributed by atoms with Crippen molar-refractivity contribution in [3.8, 4) is 11.1 Å². The number of nitrogens with two attached hydrogens (primary N) is 1. The SMILES string of the molecule is C[C@@H]1C[C@H](N)CN(c2ccncc2NC(=O)c2ccc(F)c(-c3cc(C(=O)N(C)C)ccc3F)c2F)C1.Cl.Cl. The van der Waals surface area contributed by atoms with Crippen LogP contribution in [-0.2, 0) is 0 Å². The van der Waals surface area contributed by atoms with E-state index in [1.54, 1.807) is 12.3 Å². The number of anilines is 2. The number of nitrogens with zero attached hydrogens (tertiary/aromatic N) is 3. The molecule has 2 heterocycles. The fourth-order valence-electron chi connectivity index (χ4n) is 4.63. The van der Waals surface area contributed by atoms with E-state index in [2.05, 4.69) is 17.2 Å². The zero-order chi connectivity index (χ0) is 26.9. The summed E-state index contributed by atoms with van der Waals surface area (Å²) in [5.41, 5.74) is 5.55. The minimum absolute atomic E-state index is 0. The van der Waals surface area contributed by atoms with Gasteiger partial charge in [0.25, 0.3) is 11.8 Å². The van der Waals surface area contributed by atoms with Crippen molar-refractivity contribution in [1.29, 1.82) is 0 Å². The molecule has 4 rings (SSSR count). The van der Waals surface area contributed by atoms with E-state index in [0.717, 1.165) is 37.2 Å². The van der Waals surface area contributed by atoms with Gasteiger partial charge in [0.2, 0.25) is 0 Å². The molecule has 0 unspecified atom stereocenters. The van der Waals surface area contributed by atoms with E-state index >= 15 is 4.39 Å². The molecule has 0 saturated carbocycles. The Morgan fingerprint density at radius 2 is 1.74 bits per heavy atom. The normalized spacial score (nSPS) is 16.5. The Bertz CT molecular complexity index is 1350. The first-order valence-electron chi connectivity index (χ1n) is 11.8. The molecule has 0 spiro atoms. The van der Waals surface area contributed by atoms with E-state index < -0.39 is 46.0 Å². The number of hydrogen-bond acceptors (Lipinski definition) is 5. The van der Waals surface area contributed by atoms with Crippen molar-refractivity contribution in [3.63, 3.8) is 0 Å². The van der Waals surface area contributed by atoms with Crippen LogP contribution in [0.2, 0.25) is 0 Å². The maximum Gasteiger partial charge on any atom is 0.258 e. The van der Waals surface area contributed by atoms with Crippen LogP contribution in [0.4, 0.5) is 24.5 Å². The van der Waals surface area contributed by atoms with Crippen LogP contribution in [0.5, 0.6) is 0 Å². The molecule has 0 aliphatic carbocycles. The van der Waals surface area contributed by atoms with Crippen molar-refractivity contribution < 1.29 is 22.8 Å². The number of halogens is 5. The fourth-order valence-corrected chi connectivity index (χ4v) is 4.63. The number of aromatic nitrogens is 1. The highest BCUT2D eigenvalue weighted by Crippen LogP contribution is 2.33. The third kappa shape index (κ3) is 6.81. The summed E-state index contributed by atoms with van der Waals surface area (Å²) in [4.78, 5) is 32.8. The van der Waals surface area contributed by atoms with Gasteiger partial charge in [-0.25, -0.2) is 13.2 Å². The van der Waals surface area contributed by atoms with Crippen LogP contribution in [0.1, 0.15) is 34.1 Å². The zero-order valence-corrected chi connectivity index (χ0v) is 23.2. The number of carbonyl (C=O) groups excluding carboxylic acids is 2. The maximum absolute atomic E-state index is 15.6. The van der Waals surface area contributed by atoms with Crippen molar-refractivity contribution in [3.05, 3.63) is 77.4 Å². The van der Waals surface area contributed by atoms with E-state index in [1.807, 2.05) is 4.90 Å². The summed E-state index contributed by atoms with van der Waals surface area (Å²) in [6.45, 7) is 3.38. The second-order valence-electron chi connectivity index (χ2n) is 9.53. The highest BCUT2D eigenvalue weighted by Gasteiger charge is 2.26. The molecule has 3 aromatic rings. The average Bonchev–Trinajstić information content (AvgIpc) is 2.84. The molecular formula is C27H30Cl2F3N5O2. The maximum atomic E-state index is 15.6. The molecular weight excluding hydrogens is 554 g/mol. The Kier molecular flexibility index (Phi) is 10.7. The lowest BCUT2D eigenvalue weighted by Crippen LogP contribution is -2.46. The first-order chi connectivity index (χ1) is 17.6. The van der Waals surface area contributed by atoms with E-state index in [-0.39, 0.29) is 36.4 Å². The van der Waals surface area contributed by atoms with Gasteiger partial charge < -0.3 is 20.9 Å². The molecule has 3 N–H and O–H groups in total. The summed E-state index contributed by atoms with van der Waals surface area (Å²) in [6, 6.07) is 6.83. The Labute approximate surface area is 237 Å². The molecule has 2 amide bonds. The number of hydrogen-bond donors (Lipinski definition) is 2. The third-order valence-corrected chi connectivity index (χ3v) is 6.30. The molecule has 1 saturated heterocycles. The van der Waals surface area contributed by atoms with Gasteiger partial charge in [-0.05, 0) is 48.7 Å². The number of rotatable bonds is 5. The van der Waals surface area contributed by atoms with E-state index in [0.29, 0.717) is 23.8 Å². The molecule has 1 aliphatic rings. The predicted molar refractivity (Wildman–Crippen MR) is 150 cm³/mol. The molecule has 7 nitrogen and oxygen atoms in total. The molecule has 12 heteroatoms. The Morgan fingerprint density at radius 1 is 1.05 bits per heavy atom. The third-order valence-electron chi connectivity index (χ3n) is 6.30. The van der Waals surface area contributed by atoms with E-state index in [4.69, 9.17) is 5.73 Å². The lowest BCUT2D eigenvalue weighted by molar-refractivity contribution is 0.0827. The number of benzene rings is 2. The van der Waals surface area contributed by atoms with Gasteiger partial charge in [0, 0.05) is 50.6 Å². The smallest absolute Gasteiger partial charge is 0.258 e. The summed E-state index contributed by atoms with van der Waals surface area (Å²) in [7, 11) is 3.00. The van der Waals surface area contributed by atoms with Gasteiger partial charge in [-0.15, -0.1) is 24.8 Å². The highest BCUT2D eigenvalue weighted by atomic mass is 35.5. The Hall–Kier alpha value is -3.34. The van der Waals surface area contributed by atoms with Gasteiger partial charge in [-0.1, -0.05) is 6.92 Å². The van der Waals surface area contributed by atoms with Crippen LogP contribution in [0.25, 0.3) is 11.1 Å². The molecule has 2 aromatic carbocycles. The number of amides is 2. The summed E-state index contributed by atoms with van der Waals surface area (Å²) < 4.78 is 45.1. The topological polar surface area (TPSA) is 91.6 Å². The molecule has 1 aliphatic heterocycles. The molecule has 2 atom stereocenters. The monoisotopic (exact) mass is 583 g/mol. The van der Waals surface area contributed by atoms with E-state index in [1.165, 1.54) is 31.3 Å². The second-order valence-corrected chi connectivity index (χ2v) is 9.53. The molecule has 1 fully saturated rings. The van der Waals surface area contributed by atoms with Crippen LogP contribution in [0.3, 0.4) is 0 Å². The minimum atomic E-state index is -1.25. The molecule has 210 valence electrons. The van der Waals surface area contributed by atoms with Crippen molar-refractivity contribution >= 4 is 48.0 Å². The molecule has 39 heavy (non-hydrogen) atoms. The highest BCUT2D eigenvalue weighted by molar-refractivity contribution is 6.07. The van der Waals surface area contributed by atoms with Crippen LogP contribution in [0, 0.1) is 23.4 Å². The van der Waals surface area contributed by atoms with Gasteiger partial charge in [-0.2, -0.15) is 0 Å². The number of pyridine rings is 1. The van der Waals surface area contributed by atoms with Gasteiger partial charge >= 0.3 is 0 Å². The van der Waals surface area contributed by atoms with Gasteiger partial charge in [-0.3, -0.25) is 14.6 Å². The molecule has 1 aromatic heterocycles. The molecule has 0 radical (unpaired) electrons. The second kappa shape index (κ2) is 13.1. The molecule has 0 bridgehead atoms. The van der Waals surface area contributed by atoms with Crippen LogP contribution in [-0.4, -0.2) is 54.9 Å². The van der Waals surface area contributed by atoms with Gasteiger partial charge in [0.15, 0.2) is 0 Å². The van der Waals surface area contributed by atoms with Crippen LogP contribution < -0.4 is 16.0 Å². The summed E-state index contributed by atoms with van der Waals surface area (Å²) in [6.07, 6.45) is 3.90. The van der Waals surface area contributed by atoms with Crippen molar-refractivity contribution in [1.82, 2.24) is 9.88 Å². The Morgan fingerprint density at radius 3 is 2.41 bits per heavy atom. The van der Waals surface area contributed by atoms with Gasteiger partial charge in [0.1, 0.15) is 17.5 Å². The van der Waals surface area contributed by atoms with Gasteiger partial charge in [0.05, 0.1) is 28.7 Å². The average molecular weight is 584 g/mol. The number of piperidine rings is 1. The van der Waals surface area contributed by atoms with Crippen LogP contribution in [0.15, 0.2) is 48.8 Å². The number of nitrogens with one attached hydrogen (secondary N) is 1. The van der Waals surface area contributed by atoms with E-state index in [9.17, 15) is 18.4 Å². The predicted octanol–water partition coefficient (Wildman–Crippen LogP) is 5.14. The summed E-state index contributed by atoms with van der Waals surface area (Å²) in [5.74, 6) is -4.24. The van der Waals surface area contributed by atoms with Crippen molar-refractivity contribution in [2.75, 3.05) is 37.4 Å². The quantitative estimate of drug-likeness (QED) is 0.434. The van der Waals surface area contributed by atoms with Crippen molar-refractivity contribution in [2.45, 2.75) is 19.4 Å². The lowest BCUT2D eigenvalue weighted by Gasteiger charge is -2.37. The Balaban J connectivity index is 0.00000267. The standard InChI is InChI=1S/C27H28F3N5O2.2ClH/c1-15-10-17(31)14-35(13-15)23-8-9-32-12-22(23)33-26(36)18-5-7-21(29)24(25(18)30)19-11-16(4-6-20(19)28)27(37)34(2)3;;/h4-9,11-12,15,17H,10,13-14,31H2,1-3H3,(H,33,36);2*1H/t15-,17+;;/m1../s1. The summed E-state index contributed by atoms with van der Waals surface area (Å²) in [5, 5.41) is 2.65. The number of carbonyl (C=O) groups is 2. The van der Waals surface area contributed by atoms with Crippen molar-refractivity contribution in [2.24, 2.45) is 11.7 Å². The van der Waals surface area contributed by atoms with Crippen LogP contribution >= 0.6 is 24.8 Å². The summed E-state index contributed by atoms with van der Waals surface area (Å²) >= 11 is 0. The first-order valence-corrected chi connectivity index (χ1v) is 11.8. The first kappa shape index (κ1) is 31.9. The zero-order valence-electron chi connectivity index (χ0n) is 21.6. The minimum Gasteiger partial charge on any atom is -0.368 e.